The summed E-state index contributed by atoms with van der Waals surface area (Å²) in [5.41, 5.74) is 1.09. The monoisotopic (exact) mass is 271 g/mol. The second-order valence-corrected chi connectivity index (χ2v) is 5.46. The highest BCUT2D eigenvalue weighted by Gasteiger charge is 2.25. The van der Waals surface area contributed by atoms with E-state index in [9.17, 15) is 9.59 Å². The predicted molar refractivity (Wildman–Crippen MR) is 78.9 cm³/mol. The van der Waals surface area contributed by atoms with E-state index in [1.807, 2.05) is 36.4 Å². The fourth-order valence-electron chi connectivity index (χ4n) is 2.53. The third-order valence-corrected chi connectivity index (χ3v) is 3.89. The third kappa shape index (κ3) is 4.34. The number of benzene rings is 1. The maximum Gasteiger partial charge on any atom is 0.243 e. The van der Waals surface area contributed by atoms with Gasteiger partial charge in [0.1, 0.15) is 5.78 Å². The fraction of sp³-hybridized carbons (Fsp3) is 0.412. The summed E-state index contributed by atoms with van der Waals surface area (Å²) in [6.45, 7) is 2.62. The number of carbonyl (C=O) groups is 2. The lowest BCUT2D eigenvalue weighted by molar-refractivity contribution is -0.118. The number of ketones is 1. The van der Waals surface area contributed by atoms with Gasteiger partial charge in [-0.1, -0.05) is 43.3 Å². The molecule has 1 aliphatic rings. The number of hydrogen-bond acceptors (Lipinski definition) is 2. The Morgan fingerprint density at radius 2 is 2.15 bits per heavy atom. The molecule has 0 aliphatic heterocycles. The molecule has 20 heavy (non-hydrogen) atoms. The molecule has 1 fully saturated rings. The zero-order valence-electron chi connectivity index (χ0n) is 11.8. The van der Waals surface area contributed by atoms with E-state index in [1.165, 1.54) is 0 Å². The second-order valence-electron chi connectivity index (χ2n) is 5.46. The average Bonchev–Trinajstić information content (AvgIpc) is 2.90. The van der Waals surface area contributed by atoms with E-state index in [0.717, 1.165) is 12.0 Å². The Labute approximate surface area is 120 Å². The second kappa shape index (κ2) is 7.04. The van der Waals surface area contributed by atoms with Crippen molar-refractivity contribution in [1.29, 1.82) is 0 Å². The van der Waals surface area contributed by atoms with E-state index < -0.39 is 0 Å². The first kappa shape index (κ1) is 14.5. The van der Waals surface area contributed by atoms with Crippen molar-refractivity contribution in [2.75, 3.05) is 0 Å². The van der Waals surface area contributed by atoms with Crippen molar-refractivity contribution in [3.05, 3.63) is 48.0 Å². The van der Waals surface area contributed by atoms with Crippen LogP contribution in [0.1, 0.15) is 31.7 Å². The van der Waals surface area contributed by atoms with Crippen LogP contribution in [0.4, 0.5) is 0 Å². The van der Waals surface area contributed by atoms with Crippen molar-refractivity contribution in [2.24, 2.45) is 11.8 Å². The molecule has 3 nitrogen and oxygen atoms in total. The molecule has 2 rings (SSSR count). The molecule has 0 radical (unpaired) electrons. The number of allylic oxidation sites excluding steroid dienone is 1. The van der Waals surface area contributed by atoms with Gasteiger partial charge in [0, 0.05) is 19.4 Å². The molecule has 1 saturated carbocycles. The van der Waals surface area contributed by atoms with Crippen molar-refractivity contribution in [1.82, 2.24) is 5.32 Å². The summed E-state index contributed by atoms with van der Waals surface area (Å²) in [5.74, 6) is 0.957. The highest BCUT2D eigenvalue weighted by atomic mass is 16.1. The highest BCUT2D eigenvalue weighted by Crippen LogP contribution is 2.29. The number of Topliss-reactive ketones (excluding diaryl/α,β-unsaturated/α-hetero) is 1. The molecular weight excluding hydrogens is 250 g/mol. The van der Waals surface area contributed by atoms with Crippen LogP contribution >= 0.6 is 0 Å². The Morgan fingerprint density at radius 3 is 2.80 bits per heavy atom. The van der Waals surface area contributed by atoms with Gasteiger partial charge in [0.05, 0.1) is 0 Å². The number of carbonyl (C=O) groups excluding carboxylic acids is 2. The molecule has 0 spiro atoms. The third-order valence-electron chi connectivity index (χ3n) is 3.89. The van der Waals surface area contributed by atoms with E-state index in [1.54, 1.807) is 6.08 Å². The van der Waals surface area contributed by atoms with Crippen molar-refractivity contribution in [3.63, 3.8) is 0 Å². The van der Waals surface area contributed by atoms with Crippen LogP contribution in [0.25, 0.3) is 0 Å². The van der Waals surface area contributed by atoms with Crippen LogP contribution in [-0.4, -0.2) is 11.7 Å². The molecule has 1 N–H and O–H groups in total. The lowest BCUT2D eigenvalue weighted by atomic mass is 9.92. The molecule has 0 heterocycles. The molecule has 1 aliphatic carbocycles. The first-order valence-corrected chi connectivity index (χ1v) is 7.17. The highest BCUT2D eigenvalue weighted by molar-refractivity contribution is 5.87. The van der Waals surface area contributed by atoms with E-state index in [2.05, 4.69) is 12.2 Å². The fourth-order valence-corrected chi connectivity index (χ4v) is 2.53. The first-order chi connectivity index (χ1) is 9.65. The van der Waals surface area contributed by atoms with Crippen LogP contribution in [0.2, 0.25) is 0 Å². The van der Waals surface area contributed by atoms with Gasteiger partial charge in [0.2, 0.25) is 5.91 Å². The number of nitrogens with one attached hydrogen (secondary N) is 1. The molecule has 1 aromatic carbocycles. The summed E-state index contributed by atoms with van der Waals surface area (Å²) >= 11 is 0. The van der Waals surface area contributed by atoms with Crippen molar-refractivity contribution < 1.29 is 9.59 Å². The summed E-state index contributed by atoms with van der Waals surface area (Å²) in [5, 5.41) is 2.86. The van der Waals surface area contributed by atoms with Crippen LogP contribution in [0.15, 0.2) is 42.5 Å². The first-order valence-electron chi connectivity index (χ1n) is 7.17. The largest absolute Gasteiger partial charge is 0.348 e. The van der Waals surface area contributed by atoms with Crippen LogP contribution in [0, 0.1) is 11.8 Å². The van der Waals surface area contributed by atoms with Crippen LogP contribution in [-0.2, 0) is 16.1 Å². The molecule has 2 atom stereocenters. The zero-order valence-corrected chi connectivity index (χ0v) is 11.8. The summed E-state index contributed by atoms with van der Waals surface area (Å²) in [6.07, 6.45) is 5.83. The van der Waals surface area contributed by atoms with Gasteiger partial charge in [-0.2, -0.15) is 0 Å². The molecule has 1 aromatic rings. The van der Waals surface area contributed by atoms with E-state index in [0.29, 0.717) is 31.1 Å². The maximum atomic E-state index is 11.7. The van der Waals surface area contributed by atoms with Gasteiger partial charge >= 0.3 is 0 Å². The smallest absolute Gasteiger partial charge is 0.243 e. The SMILES string of the molecule is C[C@@H](/C=C/C(=O)NCc1ccccc1)[C@@H]1CCC(=O)C1. The van der Waals surface area contributed by atoms with Crippen LogP contribution < -0.4 is 5.32 Å². The summed E-state index contributed by atoms with van der Waals surface area (Å²) < 4.78 is 0. The Hall–Kier alpha value is -1.90. The van der Waals surface area contributed by atoms with E-state index in [4.69, 9.17) is 0 Å². The topological polar surface area (TPSA) is 46.2 Å². The Balaban J connectivity index is 1.76. The van der Waals surface area contributed by atoms with E-state index >= 15 is 0 Å². The van der Waals surface area contributed by atoms with Gasteiger partial charge in [-0.05, 0) is 29.9 Å². The van der Waals surface area contributed by atoms with Crippen molar-refractivity contribution in [3.8, 4) is 0 Å². The maximum absolute atomic E-state index is 11.7. The lowest BCUT2D eigenvalue weighted by Crippen LogP contribution is -2.20. The summed E-state index contributed by atoms with van der Waals surface area (Å²) in [6, 6.07) is 9.83. The van der Waals surface area contributed by atoms with Gasteiger partial charge in [0.25, 0.3) is 0 Å². The molecule has 0 unspecified atom stereocenters. The molecule has 0 aromatic heterocycles. The standard InChI is InChI=1S/C17H21NO2/c1-13(15-8-9-16(19)11-15)7-10-17(20)18-12-14-5-3-2-4-6-14/h2-7,10,13,15H,8-9,11-12H2,1H3,(H,18,20)/b10-7+/t13-,15+/m0/s1. The molecular formula is C17H21NO2. The van der Waals surface area contributed by atoms with Gasteiger partial charge in [-0.25, -0.2) is 0 Å². The van der Waals surface area contributed by atoms with Gasteiger partial charge in [0.15, 0.2) is 0 Å². The molecule has 0 bridgehead atoms. The minimum Gasteiger partial charge on any atom is -0.348 e. The minimum absolute atomic E-state index is 0.0787. The van der Waals surface area contributed by atoms with Crippen LogP contribution in [0.5, 0.6) is 0 Å². The predicted octanol–water partition coefficient (Wildman–Crippen LogP) is 2.86. The van der Waals surface area contributed by atoms with Gasteiger partial charge < -0.3 is 5.32 Å². The summed E-state index contributed by atoms with van der Waals surface area (Å²) in [7, 11) is 0. The lowest BCUT2D eigenvalue weighted by Gasteiger charge is -2.13. The molecule has 1 amide bonds. The number of rotatable bonds is 5. The Bertz CT molecular complexity index is 493. The number of hydrogen-bond donors (Lipinski definition) is 1. The average molecular weight is 271 g/mol. The molecule has 0 saturated heterocycles. The van der Waals surface area contributed by atoms with Crippen molar-refractivity contribution >= 4 is 11.7 Å². The Morgan fingerprint density at radius 1 is 1.40 bits per heavy atom. The van der Waals surface area contributed by atoms with Crippen molar-refractivity contribution in [2.45, 2.75) is 32.7 Å². The van der Waals surface area contributed by atoms with Crippen LogP contribution in [0.3, 0.4) is 0 Å². The molecule has 3 heteroatoms. The zero-order chi connectivity index (χ0) is 14.4. The van der Waals surface area contributed by atoms with Gasteiger partial charge in [-0.3, -0.25) is 9.59 Å². The molecule has 106 valence electrons. The normalized spacial score (nSPS) is 20.2. The minimum atomic E-state index is -0.0787. The van der Waals surface area contributed by atoms with Gasteiger partial charge in [-0.15, -0.1) is 0 Å². The quantitative estimate of drug-likeness (QED) is 0.837. The Kier molecular flexibility index (Phi) is 5.10. The van der Waals surface area contributed by atoms with E-state index in [-0.39, 0.29) is 11.8 Å². The number of amides is 1. The summed E-state index contributed by atoms with van der Waals surface area (Å²) in [4.78, 5) is 23.0.